The van der Waals surface area contributed by atoms with Gasteiger partial charge in [-0.1, -0.05) is 24.3 Å². The summed E-state index contributed by atoms with van der Waals surface area (Å²) >= 11 is 0. The van der Waals surface area contributed by atoms with E-state index in [2.05, 4.69) is 35.3 Å². The number of methoxy groups -OCH3 is 1. The first-order valence-corrected chi connectivity index (χ1v) is 6.84. The van der Waals surface area contributed by atoms with Crippen LogP contribution in [0.15, 0.2) is 48.2 Å². The van der Waals surface area contributed by atoms with Gasteiger partial charge in [-0.15, -0.1) is 0 Å². The van der Waals surface area contributed by atoms with Crippen molar-refractivity contribution in [3.63, 3.8) is 0 Å². The molecule has 1 fully saturated rings. The van der Waals surface area contributed by atoms with E-state index in [4.69, 9.17) is 14.2 Å². The average molecular weight is 273 g/mol. The Kier molecular flexibility index (Phi) is 4.04. The monoisotopic (exact) mass is 273 g/mol. The van der Waals surface area contributed by atoms with Crippen molar-refractivity contribution in [2.45, 2.75) is 12.8 Å². The Balaban J connectivity index is 1.71. The predicted molar refractivity (Wildman–Crippen MR) is 76.3 cm³/mol. The molecule has 0 aromatic heterocycles. The zero-order valence-electron chi connectivity index (χ0n) is 11.6. The summed E-state index contributed by atoms with van der Waals surface area (Å²) in [7, 11) is 1.68. The smallest absolute Gasteiger partial charge is 0.198 e. The van der Waals surface area contributed by atoms with E-state index in [0.717, 1.165) is 24.5 Å². The molecule has 3 rings (SSSR count). The van der Waals surface area contributed by atoms with Crippen molar-refractivity contribution in [1.29, 1.82) is 0 Å². The molecule has 1 aromatic carbocycles. The molecule has 0 spiro atoms. The minimum atomic E-state index is -0.224. The lowest BCUT2D eigenvalue weighted by Crippen LogP contribution is -2.32. The lowest BCUT2D eigenvalue weighted by Gasteiger charge is -2.30. The van der Waals surface area contributed by atoms with Crippen LogP contribution in [0.5, 0.6) is 5.75 Å². The molecule has 0 saturated carbocycles. The molecule has 4 nitrogen and oxygen atoms in total. The molecule has 4 heteroatoms. The van der Waals surface area contributed by atoms with Crippen LogP contribution < -0.4 is 4.74 Å². The van der Waals surface area contributed by atoms with Gasteiger partial charge in [-0.25, -0.2) is 0 Å². The second kappa shape index (κ2) is 6.11. The Morgan fingerprint density at radius 3 is 2.65 bits per heavy atom. The molecule has 2 heterocycles. The Morgan fingerprint density at radius 1 is 1.20 bits per heavy atom. The summed E-state index contributed by atoms with van der Waals surface area (Å²) < 4.78 is 16.4. The summed E-state index contributed by atoms with van der Waals surface area (Å²) in [4.78, 5) is 2.28. The number of ether oxygens (including phenoxy) is 3. The molecular formula is C16H19NO3. The summed E-state index contributed by atoms with van der Waals surface area (Å²) in [6.07, 6.45) is 6.05. The van der Waals surface area contributed by atoms with Gasteiger partial charge in [0.05, 0.1) is 26.0 Å². The molecule has 0 N–H and O–H groups in total. The van der Waals surface area contributed by atoms with Gasteiger partial charge < -0.3 is 19.1 Å². The van der Waals surface area contributed by atoms with Crippen LogP contribution in [0.1, 0.15) is 5.56 Å². The maximum atomic E-state index is 5.61. The van der Waals surface area contributed by atoms with E-state index in [9.17, 15) is 0 Å². The van der Waals surface area contributed by atoms with Gasteiger partial charge >= 0.3 is 0 Å². The van der Waals surface area contributed by atoms with Crippen LogP contribution in [0.25, 0.3) is 0 Å². The van der Waals surface area contributed by atoms with Crippen molar-refractivity contribution < 1.29 is 14.2 Å². The quantitative estimate of drug-likeness (QED) is 0.842. The summed E-state index contributed by atoms with van der Waals surface area (Å²) in [5.74, 6) is 0.880. The average Bonchev–Trinajstić information content (AvgIpc) is 3.03. The third-order valence-corrected chi connectivity index (χ3v) is 3.49. The Morgan fingerprint density at radius 2 is 1.95 bits per heavy atom. The molecule has 0 radical (unpaired) electrons. The summed E-state index contributed by atoms with van der Waals surface area (Å²) in [6.45, 7) is 3.05. The van der Waals surface area contributed by atoms with E-state index >= 15 is 0 Å². The van der Waals surface area contributed by atoms with E-state index < -0.39 is 0 Å². The van der Waals surface area contributed by atoms with Gasteiger partial charge in [-0.2, -0.15) is 0 Å². The number of nitrogens with zero attached hydrogens (tertiary/aromatic N) is 1. The summed E-state index contributed by atoms with van der Waals surface area (Å²) in [5.41, 5.74) is 2.34. The summed E-state index contributed by atoms with van der Waals surface area (Å²) in [5, 5.41) is 0. The van der Waals surface area contributed by atoms with Gasteiger partial charge in [0.1, 0.15) is 5.75 Å². The van der Waals surface area contributed by atoms with Crippen LogP contribution in [0.4, 0.5) is 0 Å². The highest BCUT2D eigenvalue weighted by atomic mass is 16.7. The maximum Gasteiger partial charge on any atom is 0.198 e. The fourth-order valence-electron chi connectivity index (χ4n) is 2.43. The van der Waals surface area contributed by atoms with Gasteiger partial charge in [-0.3, -0.25) is 0 Å². The number of rotatable bonds is 4. The largest absolute Gasteiger partial charge is 0.497 e. The molecule has 20 heavy (non-hydrogen) atoms. The fraction of sp³-hybridized carbons (Fsp3) is 0.375. The van der Waals surface area contributed by atoms with E-state index in [1.54, 1.807) is 7.11 Å². The second-order valence-corrected chi connectivity index (χ2v) is 4.82. The van der Waals surface area contributed by atoms with Crippen molar-refractivity contribution in [2.24, 2.45) is 0 Å². The third-order valence-electron chi connectivity index (χ3n) is 3.49. The number of allylic oxidation sites excluding steroid dienone is 2. The van der Waals surface area contributed by atoms with Crippen LogP contribution in [0.2, 0.25) is 0 Å². The van der Waals surface area contributed by atoms with Gasteiger partial charge in [0.25, 0.3) is 0 Å². The molecule has 1 aromatic rings. The molecule has 106 valence electrons. The normalized spacial score (nSPS) is 19.2. The highest BCUT2D eigenvalue weighted by molar-refractivity contribution is 5.28. The zero-order chi connectivity index (χ0) is 13.8. The van der Waals surface area contributed by atoms with Crippen LogP contribution in [-0.4, -0.2) is 38.1 Å². The lowest BCUT2D eigenvalue weighted by atomic mass is 10.1. The van der Waals surface area contributed by atoms with Crippen LogP contribution in [0, 0.1) is 0 Å². The molecule has 2 aliphatic rings. The van der Waals surface area contributed by atoms with Crippen molar-refractivity contribution in [1.82, 2.24) is 4.90 Å². The van der Waals surface area contributed by atoms with Crippen molar-refractivity contribution in [3.8, 4) is 5.75 Å². The third kappa shape index (κ3) is 2.86. The van der Waals surface area contributed by atoms with Gasteiger partial charge in [0, 0.05) is 13.1 Å². The van der Waals surface area contributed by atoms with Gasteiger partial charge in [-0.05, 0) is 23.8 Å². The molecule has 0 atom stereocenters. The SMILES string of the molecule is COc1ccc(CN2CC=CC=C2C2OCCO2)cc1. The number of hydrogen-bond acceptors (Lipinski definition) is 4. The Labute approximate surface area is 119 Å². The minimum Gasteiger partial charge on any atom is -0.497 e. The highest BCUT2D eigenvalue weighted by Gasteiger charge is 2.25. The zero-order valence-corrected chi connectivity index (χ0v) is 11.6. The molecule has 0 unspecified atom stereocenters. The van der Waals surface area contributed by atoms with E-state index in [1.165, 1.54) is 5.56 Å². The molecule has 0 bridgehead atoms. The van der Waals surface area contributed by atoms with E-state index in [1.807, 2.05) is 12.1 Å². The topological polar surface area (TPSA) is 30.9 Å². The van der Waals surface area contributed by atoms with Crippen LogP contribution in [-0.2, 0) is 16.0 Å². The molecule has 2 aliphatic heterocycles. The first-order chi connectivity index (χ1) is 9.86. The summed E-state index contributed by atoms with van der Waals surface area (Å²) in [6, 6.07) is 8.15. The first kappa shape index (κ1) is 13.2. The van der Waals surface area contributed by atoms with E-state index in [0.29, 0.717) is 13.2 Å². The van der Waals surface area contributed by atoms with Crippen LogP contribution >= 0.6 is 0 Å². The molecular weight excluding hydrogens is 254 g/mol. The van der Waals surface area contributed by atoms with Crippen molar-refractivity contribution in [2.75, 3.05) is 26.9 Å². The van der Waals surface area contributed by atoms with Gasteiger partial charge in [0.15, 0.2) is 6.29 Å². The fourth-order valence-corrected chi connectivity index (χ4v) is 2.43. The van der Waals surface area contributed by atoms with Crippen molar-refractivity contribution in [3.05, 3.63) is 53.8 Å². The molecule has 0 aliphatic carbocycles. The molecule has 0 amide bonds. The standard InChI is InChI=1S/C16H19NO3/c1-18-14-7-5-13(6-8-14)12-17-9-3-2-4-15(17)16-19-10-11-20-16/h2-8,16H,9-12H2,1H3. The predicted octanol–water partition coefficient (Wildman–Crippen LogP) is 2.32. The van der Waals surface area contributed by atoms with Crippen molar-refractivity contribution >= 4 is 0 Å². The first-order valence-electron chi connectivity index (χ1n) is 6.84. The molecule has 1 saturated heterocycles. The second-order valence-electron chi connectivity index (χ2n) is 4.82. The van der Waals surface area contributed by atoms with Crippen LogP contribution in [0.3, 0.4) is 0 Å². The Hall–Kier alpha value is -1.78. The highest BCUT2D eigenvalue weighted by Crippen LogP contribution is 2.23. The van der Waals surface area contributed by atoms with E-state index in [-0.39, 0.29) is 6.29 Å². The number of benzene rings is 1. The minimum absolute atomic E-state index is 0.224. The number of hydrogen-bond donors (Lipinski definition) is 0. The maximum absolute atomic E-state index is 5.61. The van der Waals surface area contributed by atoms with Gasteiger partial charge in [0.2, 0.25) is 0 Å². The lowest BCUT2D eigenvalue weighted by molar-refractivity contribution is -0.0310. The Bertz CT molecular complexity index is 501.